The highest BCUT2D eigenvalue weighted by Crippen LogP contribution is 2.29. The third kappa shape index (κ3) is 2.88. The predicted molar refractivity (Wildman–Crippen MR) is 74.3 cm³/mol. The molecule has 1 saturated heterocycles. The minimum Gasteiger partial charge on any atom is -0.481 e. The zero-order valence-corrected chi connectivity index (χ0v) is 12.2. The second-order valence-corrected chi connectivity index (χ2v) is 5.14. The number of carboxylic acid groups (broad SMARTS) is 1. The summed E-state index contributed by atoms with van der Waals surface area (Å²) in [4.78, 5) is 33.1. The molecule has 1 aliphatic heterocycles. The van der Waals surface area contributed by atoms with Gasteiger partial charge in [-0.05, 0) is 26.7 Å². The summed E-state index contributed by atoms with van der Waals surface area (Å²) in [5, 5.41) is 11.8. The van der Waals surface area contributed by atoms with Crippen LogP contribution < -0.4 is 10.1 Å². The van der Waals surface area contributed by atoms with Crippen LogP contribution in [0.1, 0.15) is 25.5 Å². The molecule has 114 valence electrons. The summed E-state index contributed by atoms with van der Waals surface area (Å²) >= 11 is 0. The summed E-state index contributed by atoms with van der Waals surface area (Å²) in [5.41, 5.74) is -0.558. The number of carbonyl (C=O) groups is 2. The zero-order valence-electron chi connectivity index (χ0n) is 12.2. The Labute approximate surface area is 122 Å². The SMILES string of the molecule is COc1cc(C)nc(NC(=O)N2CCCC2(C)C(=O)O)n1. The first-order valence-corrected chi connectivity index (χ1v) is 6.58. The number of nitrogens with one attached hydrogen (secondary N) is 1. The maximum atomic E-state index is 12.3. The number of urea groups is 1. The van der Waals surface area contributed by atoms with Crippen molar-refractivity contribution in [1.82, 2.24) is 14.9 Å². The highest BCUT2D eigenvalue weighted by atomic mass is 16.5. The number of rotatable bonds is 3. The second-order valence-electron chi connectivity index (χ2n) is 5.14. The Morgan fingerprint density at radius 1 is 1.48 bits per heavy atom. The summed E-state index contributed by atoms with van der Waals surface area (Å²) in [5.74, 6) is -0.588. The molecule has 0 saturated carbocycles. The van der Waals surface area contributed by atoms with Crippen LogP contribution in [0.5, 0.6) is 5.88 Å². The molecule has 8 heteroatoms. The van der Waals surface area contributed by atoms with E-state index in [1.165, 1.54) is 12.0 Å². The molecule has 1 aromatic heterocycles. The Morgan fingerprint density at radius 3 is 2.81 bits per heavy atom. The Morgan fingerprint density at radius 2 is 2.19 bits per heavy atom. The lowest BCUT2D eigenvalue weighted by Crippen LogP contribution is -2.52. The van der Waals surface area contributed by atoms with Crippen LogP contribution in [-0.2, 0) is 4.79 Å². The van der Waals surface area contributed by atoms with Crippen LogP contribution in [0, 0.1) is 6.92 Å². The zero-order chi connectivity index (χ0) is 15.6. The number of aromatic nitrogens is 2. The van der Waals surface area contributed by atoms with Crippen molar-refractivity contribution >= 4 is 17.9 Å². The van der Waals surface area contributed by atoms with Crippen molar-refractivity contribution in [3.05, 3.63) is 11.8 Å². The molecule has 2 heterocycles. The molecule has 1 fully saturated rings. The number of carbonyl (C=O) groups excluding carboxylic acids is 1. The van der Waals surface area contributed by atoms with E-state index < -0.39 is 17.5 Å². The molecular formula is C13H18N4O4. The third-order valence-corrected chi connectivity index (χ3v) is 3.61. The van der Waals surface area contributed by atoms with E-state index >= 15 is 0 Å². The van der Waals surface area contributed by atoms with Gasteiger partial charge in [0, 0.05) is 18.3 Å². The monoisotopic (exact) mass is 294 g/mol. The van der Waals surface area contributed by atoms with Crippen molar-refractivity contribution in [2.24, 2.45) is 0 Å². The minimum absolute atomic E-state index is 0.0940. The Balaban J connectivity index is 2.18. The fraction of sp³-hybridized carbons (Fsp3) is 0.538. The molecule has 1 aromatic rings. The lowest BCUT2D eigenvalue weighted by atomic mass is 10.00. The van der Waals surface area contributed by atoms with Crippen LogP contribution in [0.4, 0.5) is 10.7 Å². The number of aliphatic carboxylic acids is 1. The van der Waals surface area contributed by atoms with E-state index in [9.17, 15) is 14.7 Å². The van der Waals surface area contributed by atoms with Gasteiger partial charge in [0.1, 0.15) is 5.54 Å². The Hall–Kier alpha value is -2.38. The highest BCUT2D eigenvalue weighted by Gasteiger charge is 2.46. The Bertz CT molecular complexity index is 577. The van der Waals surface area contributed by atoms with Gasteiger partial charge in [-0.15, -0.1) is 0 Å². The summed E-state index contributed by atoms with van der Waals surface area (Å²) in [6.07, 6.45) is 1.07. The van der Waals surface area contributed by atoms with Crippen LogP contribution in [0.2, 0.25) is 0 Å². The van der Waals surface area contributed by atoms with Gasteiger partial charge in [-0.1, -0.05) is 0 Å². The van der Waals surface area contributed by atoms with Gasteiger partial charge in [0.05, 0.1) is 7.11 Å². The number of ether oxygens (including phenoxy) is 1. The van der Waals surface area contributed by atoms with Crippen LogP contribution in [0.3, 0.4) is 0 Å². The summed E-state index contributed by atoms with van der Waals surface area (Å²) < 4.78 is 5.01. The molecule has 2 rings (SSSR count). The number of likely N-dealkylation sites (tertiary alicyclic amines) is 1. The van der Waals surface area contributed by atoms with Gasteiger partial charge in [-0.25, -0.2) is 14.6 Å². The molecule has 0 aliphatic carbocycles. The minimum atomic E-state index is -1.20. The first-order valence-electron chi connectivity index (χ1n) is 6.58. The van der Waals surface area contributed by atoms with Crippen molar-refractivity contribution in [1.29, 1.82) is 0 Å². The summed E-state index contributed by atoms with van der Waals surface area (Å²) in [6, 6.07) is 1.11. The Kier molecular flexibility index (Phi) is 3.97. The highest BCUT2D eigenvalue weighted by molar-refractivity contribution is 5.93. The van der Waals surface area contributed by atoms with Crippen LogP contribution in [-0.4, -0.2) is 51.2 Å². The van der Waals surface area contributed by atoms with Gasteiger partial charge < -0.3 is 14.7 Å². The largest absolute Gasteiger partial charge is 0.481 e. The number of nitrogens with zero attached hydrogens (tertiary/aromatic N) is 3. The lowest BCUT2D eigenvalue weighted by molar-refractivity contribution is -0.146. The van der Waals surface area contributed by atoms with Crippen molar-refractivity contribution in [2.75, 3.05) is 19.0 Å². The number of hydrogen-bond acceptors (Lipinski definition) is 5. The maximum Gasteiger partial charge on any atom is 0.329 e. The molecule has 0 bridgehead atoms. The topological polar surface area (TPSA) is 105 Å². The third-order valence-electron chi connectivity index (χ3n) is 3.61. The molecule has 21 heavy (non-hydrogen) atoms. The molecule has 0 radical (unpaired) electrons. The van der Waals surface area contributed by atoms with E-state index in [1.807, 2.05) is 0 Å². The van der Waals surface area contributed by atoms with Crippen molar-refractivity contribution in [3.8, 4) is 5.88 Å². The first-order chi connectivity index (χ1) is 9.86. The molecule has 2 N–H and O–H groups in total. The average molecular weight is 294 g/mol. The van der Waals surface area contributed by atoms with E-state index in [4.69, 9.17) is 4.74 Å². The van der Waals surface area contributed by atoms with Gasteiger partial charge in [0.2, 0.25) is 11.8 Å². The molecule has 1 aliphatic rings. The first kappa shape index (κ1) is 15.0. The number of carboxylic acids is 1. The molecular weight excluding hydrogens is 276 g/mol. The smallest absolute Gasteiger partial charge is 0.329 e. The van der Waals surface area contributed by atoms with Crippen LogP contribution >= 0.6 is 0 Å². The number of aryl methyl sites for hydroxylation is 1. The molecule has 2 amide bonds. The molecule has 0 spiro atoms. The number of hydrogen-bond donors (Lipinski definition) is 2. The van der Waals surface area contributed by atoms with E-state index in [0.29, 0.717) is 31.0 Å². The van der Waals surface area contributed by atoms with Crippen LogP contribution in [0.15, 0.2) is 6.07 Å². The summed E-state index contributed by atoms with van der Waals surface area (Å²) in [7, 11) is 1.47. The molecule has 0 aromatic carbocycles. The number of amides is 2. The van der Waals surface area contributed by atoms with E-state index in [0.717, 1.165) is 0 Å². The molecule has 1 atom stereocenters. The maximum absolute atomic E-state index is 12.3. The lowest BCUT2D eigenvalue weighted by Gasteiger charge is -2.30. The van der Waals surface area contributed by atoms with Crippen LogP contribution in [0.25, 0.3) is 0 Å². The van der Waals surface area contributed by atoms with Crippen molar-refractivity contribution < 1.29 is 19.4 Å². The van der Waals surface area contributed by atoms with Gasteiger partial charge in [-0.3, -0.25) is 5.32 Å². The quantitative estimate of drug-likeness (QED) is 0.869. The van der Waals surface area contributed by atoms with Gasteiger partial charge >= 0.3 is 12.0 Å². The van der Waals surface area contributed by atoms with E-state index in [1.54, 1.807) is 19.9 Å². The average Bonchev–Trinajstić information content (AvgIpc) is 2.81. The van der Waals surface area contributed by atoms with Gasteiger partial charge in [-0.2, -0.15) is 4.98 Å². The van der Waals surface area contributed by atoms with Gasteiger partial charge in [0.15, 0.2) is 0 Å². The van der Waals surface area contributed by atoms with Crippen molar-refractivity contribution in [2.45, 2.75) is 32.2 Å². The fourth-order valence-electron chi connectivity index (χ4n) is 2.37. The normalized spacial score (nSPS) is 21.2. The standard InChI is InChI=1S/C13H18N4O4/c1-8-7-9(21-3)15-11(14-8)16-12(20)17-6-4-5-13(17,2)10(18)19/h7H,4-6H2,1-3H3,(H,18,19)(H,14,15,16,20). The molecule has 8 nitrogen and oxygen atoms in total. The van der Waals surface area contributed by atoms with E-state index in [2.05, 4.69) is 15.3 Å². The van der Waals surface area contributed by atoms with Crippen molar-refractivity contribution in [3.63, 3.8) is 0 Å². The number of anilines is 1. The predicted octanol–water partition coefficient (Wildman–Crippen LogP) is 1.26. The second kappa shape index (κ2) is 5.55. The number of methoxy groups -OCH3 is 1. The summed E-state index contributed by atoms with van der Waals surface area (Å²) in [6.45, 7) is 3.67. The molecule has 1 unspecified atom stereocenters. The van der Waals surface area contributed by atoms with E-state index in [-0.39, 0.29) is 5.95 Å². The fourth-order valence-corrected chi connectivity index (χ4v) is 2.37. The van der Waals surface area contributed by atoms with Gasteiger partial charge in [0.25, 0.3) is 0 Å².